The van der Waals surface area contributed by atoms with E-state index in [4.69, 9.17) is 9.47 Å². The standard InChI is InChI=1S/C14H29NO5/c1-3-5-7-15-11-13(18)12(17)10(9-16)20-14(11)19-8-6-4-2/h10-18H,3-9H2,1-2H3/t10-,11+,12-,13-,14+/m1/s1. The average molecular weight is 291 g/mol. The molecule has 6 nitrogen and oxygen atoms in total. The third kappa shape index (κ3) is 4.95. The average Bonchev–Trinajstić information content (AvgIpc) is 2.45. The molecule has 0 aromatic heterocycles. The molecule has 0 radical (unpaired) electrons. The molecule has 6 heteroatoms. The molecule has 20 heavy (non-hydrogen) atoms. The molecule has 0 amide bonds. The summed E-state index contributed by atoms with van der Waals surface area (Å²) in [5, 5.41) is 32.5. The lowest BCUT2D eigenvalue weighted by molar-refractivity contribution is -0.271. The third-order valence-electron chi connectivity index (χ3n) is 3.57. The van der Waals surface area contributed by atoms with Gasteiger partial charge in [-0.3, -0.25) is 0 Å². The Balaban J connectivity index is 2.61. The van der Waals surface area contributed by atoms with Crippen molar-refractivity contribution in [2.24, 2.45) is 0 Å². The largest absolute Gasteiger partial charge is 0.394 e. The summed E-state index contributed by atoms with van der Waals surface area (Å²) >= 11 is 0. The molecule has 1 saturated heterocycles. The number of nitrogens with one attached hydrogen (secondary N) is 1. The van der Waals surface area contributed by atoms with E-state index in [2.05, 4.69) is 19.2 Å². The van der Waals surface area contributed by atoms with Crippen molar-refractivity contribution < 1.29 is 24.8 Å². The van der Waals surface area contributed by atoms with E-state index >= 15 is 0 Å². The number of aliphatic hydroxyl groups excluding tert-OH is 3. The summed E-state index contributed by atoms with van der Waals surface area (Å²) in [5.74, 6) is 0. The van der Waals surface area contributed by atoms with Crippen molar-refractivity contribution in [2.75, 3.05) is 19.8 Å². The smallest absolute Gasteiger partial charge is 0.175 e. The maximum atomic E-state index is 10.2. The second kappa shape index (κ2) is 9.65. The van der Waals surface area contributed by atoms with Crippen LogP contribution in [0, 0.1) is 0 Å². The van der Waals surface area contributed by atoms with Gasteiger partial charge < -0.3 is 30.1 Å². The van der Waals surface area contributed by atoms with Crippen LogP contribution in [0.1, 0.15) is 39.5 Å². The molecule has 1 heterocycles. The quantitative estimate of drug-likeness (QED) is 0.447. The van der Waals surface area contributed by atoms with E-state index in [0.29, 0.717) is 6.61 Å². The number of hydrogen-bond donors (Lipinski definition) is 4. The Bertz CT molecular complexity index is 254. The molecule has 1 rings (SSSR count). The minimum absolute atomic E-state index is 0.340. The molecule has 120 valence electrons. The summed E-state index contributed by atoms with van der Waals surface area (Å²) in [6.07, 6.45) is 0.369. The van der Waals surface area contributed by atoms with Crippen molar-refractivity contribution in [2.45, 2.75) is 70.2 Å². The predicted octanol–water partition coefficient (Wildman–Crippen LogP) is 0.000400. The molecule has 4 N–H and O–H groups in total. The normalized spacial score (nSPS) is 34.4. The zero-order chi connectivity index (χ0) is 15.0. The number of hydrogen-bond acceptors (Lipinski definition) is 6. The first-order valence-electron chi connectivity index (χ1n) is 7.63. The Kier molecular flexibility index (Phi) is 8.60. The monoisotopic (exact) mass is 291 g/mol. The first-order chi connectivity index (χ1) is 9.65. The molecule has 0 aromatic carbocycles. The molecule has 0 saturated carbocycles. The number of ether oxygens (including phenoxy) is 2. The number of aliphatic hydroxyl groups is 3. The summed E-state index contributed by atoms with van der Waals surface area (Å²) in [7, 11) is 0. The van der Waals surface area contributed by atoms with Gasteiger partial charge in [-0.2, -0.15) is 0 Å². The van der Waals surface area contributed by atoms with Crippen LogP contribution < -0.4 is 5.32 Å². The Morgan fingerprint density at radius 1 is 1.10 bits per heavy atom. The van der Waals surface area contributed by atoms with Crippen LogP contribution in [-0.2, 0) is 9.47 Å². The van der Waals surface area contributed by atoms with E-state index in [0.717, 1.165) is 32.2 Å². The van der Waals surface area contributed by atoms with Gasteiger partial charge in [0.25, 0.3) is 0 Å². The molecule has 0 aliphatic carbocycles. The Morgan fingerprint density at radius 3 is 2.40 bits per heavy atom. The molecule has 0 spiro atoms. The van der Waals surface area contributed by atoms with Crippen molar-refractivity contribution in [3.05, 3.63) is 0 Å². The van der Waals surface area contributed by atoms with Crippen LogP contribution in [0.25, 0.3) is 0 Å². The van der Waals surface area contributed by atoms with Gasteiger partial charge in [-0.1, -0.05) is 26.7 Å². The van der Waals surface area contributed by atoms with Crippen molar-refractivity contribution >= 4 is 0 Å². The highest BCUT2D eigenvalue weighted by atomic mass is 16.7. The summed E-state index contributed by atoms with van der Waals surface area (Å²) in [6.45, 7) is 5.08. The fourth-order valence-corrected chi connectivity index (χ4v) is 2.23. The Hall–Kier alpha value is -0.240. The van der Waals surface area contributed by atoms with E-state index in [-0.39, 0.29) is 6.61 Å². The van der Waals surface area contributed by atoms with Gasteiger partial charge in [0, 0.05) is 6.61 Å². The van der Waals surface area contributed by atoms with Gasteiger partial charge in [-0.25, -0.2) is 0 Å². The second-order valence-electron chi connectivity index (χ2n) is 5.26. The third-order valence-corrected chi connectivity index (χ3v) is 3.57. The van der Waals surface area contributed by atoms with Crippen molar-refractivity contribution in [3.63, 3.8) is 0 Å². The molecular weight excluding hydrogens is 262 g/mol. The molecule has 0 aromatic rings. The molecule has 5 atom stereocenters. The summed E-state index contributed by atoms with van der Waals surface area (Å²) in [4.78, 5) is 0. The molecule has 0 unspecified atom stereocenters. The van der Waals surface area contributed by atoms with Crippen LogP contribution in [0.4, 0.5) is 0 Å². The van der Waals surface area contributed by atoms with Crippen LogP contribution in [0.2, 0.25) is 0 Å². The highest BCUT2D eigenvalue weighted by molar-refractivity contribution is 4.93. The van der Waals surface area contributed by atoms with Gasteiger partial charge in [0.2, 0.25) is 0 Å². The maximum Gasteiger partial charge on any atom is 0.175 e. The van der Waals surface area contributed by atoms with E-state index in [1.54, 1.807) is 0 Å². The maximum absolute atomic E-state index is 10.2. The molecular formula is C14H29NO5. The number of rotatable bonds is 9. The Morgan fingerprint density at radius 2 is 1.80 bits per heavy atom. The van der Waals surface area contributed by atoms with Crippen LogP contribution >= 0.6 is 0 Å². The zero-order valence-corrected chi connectivity index (χ0v) is 12.5. The predicted molar refractivity (Wildman–Crippen MR) is 75.3 cm³/mol. The topological polar surface area (TPSA) is 91.2 Å². The van der Waals surface area contributed by atoms with Gasteiger partial charge in [-0.05, 0) is 19.4 Å². The minimum atomic E-state index is -1.11. The van der Waals surface area contributed by atoms with Gasteiger partial charge in [0.05, 0.1) is 12.6 Å². The van der Waals surface area contributed by atoms with Gasteiger partial charge >= 0.3 is 0 Å². The lowest BCUT2D eigenvalue weighted by atomic mass is 9.97. The second-order valence-corrected chi connectivity index (χ2v) is 5.26. The minimum Gasteiger partial charge on any atom is -0.394 e. The summed E-state index contributed by atoms with van der Waals surface area (Å²) in [5.41, 5.74) is 0. The fraction of sp³-hybridized carbons (Fsp3) is 1.00. The molecule has 1 aliphatic heterocycles. The molecule has 1 fully saturated rings. The van der Waals surface area contributed by atoms with Crippen LogP contribution in [0.5, 0.6) is 0 Å². The molecule has 1 aliphatic rings. The van der Waals surface area contributed by atoms with E-state index in [1.807, 2.05) is 0 Å². The SMILES string of the molecule is CCCCN[C@@H]1[C@@H](OCCCC)O[C@H](CO)[C@@H](O)[C@@H]1O. The van der Waals surface area contributed by atoms with E-state index < -0.39 is 30.6 Å². The van der Waals surface area contributed by atoms with Crippen molar-refractivity contribution in [1.82, 2.24) is 5.32 Å². The highest BCUT2D eigenvalue weighted by Crippen LogP contribution is 2.22. The number of unbranched alkanes of at least 4 members (excludes halogenated alkanes) is 2. The molecule has 0 bridgehead atoms. The first-order valence-corrected chi connectivity index (χ1v) is 7.63. The van der Waals surface area contributed by atoms with E-state index in [1.165, 1.54) is 0 Å². The van der Waals surface area contributed by atoms with Gasteiger partial charge in [-0.15, -0.1) is 0 Å². The summed E-state index contributed by atoms with van der Waals surface area (Å²) < 4.78 is 11.2. The van der Waals surface area contributed by atoms with Gasteiger partial charge in [0.15, 0.2) is 6.29 Å². The Labute approximate surface area is 121 Å². The van der Waals surface area contributed by atoms with Crippen LogP contribution in [0.15, 0.2) is 0 Å². The van der Waals surface area contributed by atoms with Crippen molar-refractivity contribution in [3.8, 4) is 0 Å². The zero-order valence-electron chi connectivity index (χ0n) is 12.5. The lowest BCUT2D eigenvalue weighted by Gasteiger charge is -2.42. The highest BCUT2D eigenvalue weighted by Gasteiger charge is 2.44. The van der Waals surface area contributed by atoms with Crippen LogP contribution in [0.3, 0.4) is 0 Å². The fourth-order valence-electron chi connectivity index (χ4n) is 2.23. The van der Waals surface area contributed by atoms with Crippen LogP contribution in [-0.4, -0.2) is 65.7 Å². The first kappa shape index (κ1) is 17.8. The van der Waals surface area contributed by atoms with Crippen molar-refractivity contribution in [1.29, 1.82) is 0 Å². The van der Waals surface area contributed by atoms with E-state index in [9.17, 15) is 15.3 Å². The van der Waals surface area contributed by atoms with Gasteiger partial charge in [0.1, 0.15) is 18.3 Å². The summed E-state index contributed by atoms with van der Waals surface area (Å²) in [6, 6.07) is -0.476. The lowest BCUT2D eigenvalue weighted by Crippen LogP contribution is -2.64.